The molecule has 144 valence electrons. The lowest BCUT2D eigenvalue weighted by molar-refractivity contribution is -0.115. The van der Waals surface area contributed by atoms with Crippen LogP contribution in [0.2, 0.25) is 0 Å². The van der Waals surface area contributed by atoms with Crippen molar-refractivity contribution < 1.29 is 4.79 Å². The monoisotopic (exact) mass is 419 g/mol. The van der Waals surface area contributed by atoms with Crippen molar-refractivity contribution in [3.8, 4) is 21.8 Å². The summed E-state index contributed by atoms with van der Waals surface area (Å²) in [6.45, 7) is 1.67. The van der Waals surface area contributed by atoms with Crippen LogP contribution in [0, 0.1) is 0 Å². The number of aromatic nitrogens is 2. The average molecular weight is 420 g/mol. The first-order valence-corrected chi connectivity index (χ1v) is 11.0. The van der Waals surface area contributed by atoms with Crippen molar-refractivity contribution in [2.45, 2.75) is 6.42 Å². The molecule has 0 saturated carbocycles. The van der Waals surface area contributed by atoms with E-state index in [2.05, 4.69) is 20.2 Å². The third-order valence-electron chi connectivity index (χ3n) is 4.66. The number of amidine groups is 1. The highest BCUT2D eigenvalue weighted by Gasteiger charge is 2.27. The Kier molecular flexibility index (Phi) is 4.87. The van der Waals surface area contributed by atoms with Crippen molar-refractivity contribution in [3.05, 3.63) is 65.3 Å². The van der Waals surface area contributed by atoms with Crippen molar-refractivity contribution in [2.75, 3.05) is 18.4 Å². The smallest absolute Gasteiger partial charge is 0.230 e. The maximum atomic E-state index is 12.5. The van der Waals surface area contributed by atoms with Crippen LogP contribution < -0.4 is 5.32 Å². The number of thioether (sulfide) groups is 1. The second kappa shape index (κ2) is 7.81. The van der Waals surface area contributed by atoms with E-state index in [4.69, 9.17) is 4.98 Å². The summed E-state index contributed by atoms with van der Waals surface area (Å²) in [5.41, 5.74) is 4.71. The number of fused-ring (bicyclic) bond motifs is 1. The molecule has 0 bridgehead atoms. The Labute approximate surface area is 176 Å². The number of thiazole rings is 1. The summed E-state index contributed by atoms with van der Waals surface area (Å²) in [4.78, 5) is 27.9. The molecule has 0 fully saturated rings. The molecule has 2 aromatic heterocycles. The number of nitrogens with one attached hydrogen (secondary N) is 1. The lowest BCUT2D eigenvalue weighted by atomic mass is 10.1. The molecule has 0 saturated heterocycles. The summed E-state index contributed by atoms with van der Waals surface area (Å²) in [6, 6.07) is 11.7. The topological polar surface area (TPSA) is 70.5 Å². The number of nitrogens with zero attached hydrogens (tertiary/aromatic N) is 4. The van der Waals surface area contributed by atoms with Gasteiger partial charge in [0.1, 0.15) is 5.01 Å². The zero-order valence-electron chi connectivity index (χ0n) is 15.4. The Balaban J connectivity index is 1.28. The number of pyridine rings is 1. The van der Waals surface area contributed by atoms with Crippen LogP contribution in [0.3, 0.4) is 0 Å². The maximum absolute atomic E-state index is 12.5. The molecule has 1 aromatic carbocycles. The van der Waals surface area contributed by atoms with Gasteiger partial charge in [-0.1, -0.05) is 23.9 Å². The van der Waals surface area contributed by atoms with E-state index >= 15 is 0 Å². The number of hydrogen-bond donors (Lipinski definition) is 1. The van der Waals surface area contributed by atoms with Crippen molar-refractivity contribution >= 4 is 39.9 Å². The fourth-order valence-electron chi connectivity index (χ4n) is 3.27. The predicted molar refractivity (Wildman–Crippen MR) is 119 cm³/mol. The Bertz CT molecular complexity index is 1120. The van der Waals surface area contributed by atoms with Crippen molar-refractivity contribution in [1.29, 1.82) is 0 Å². The molecule has 2 aliphatic heterocycles. The van der Waals surface area contributed by atoms with Crippen LogP contribution in [-0.4, -0.2) is 39.0 Å². The van der Waals surface area contributed by atoms with Gasteiger partial charge in [0, 0.05) is 46.8 Å². The Hall–Kier alpha value is -2.97. The van der Waals surface area contributed by atoms with Crippen molar-refractivity contribution in [1.82, 2.24) is 14.9 Å². The molecule has 1 amide bonds. The summed E-state index contributed by atoms with van der Waals surface area (Å²) < 4.78 is 0. The number of rotatable bonds is 5. The van der Waals surface area contributed by atoms with Crippen LogP contribution in [0.15, 0.2) is 70.3 Å². The summed E-state index contributed by atoms with van der Waals surface area (Å²) in [5, 5.41) is 9.01. The Morgan fingerprint density at radius 2 is 2.07 bits per heavy atom. The second-order valence-corrected chi connectivity index (χ2v) is 8.32. The summed E-state index contributed by atoms with van der Waals surface area (Å²) >= 11 is 3.19. The molecule has 8 heteroatoms. The van der Waals surface area contributed by atoms with E-state index in [1.54, 1.807) is 35.5 Å². The quantitative estimate of drug-likeness (QED) is 0.661. The van der Waals surface area contributed by atoms with Gasteiger partial charge in [-0.05, 0) is 29.7 Å². The van der Waals surface area contributed by atoms with Gasteiger partial charge >= 0.3 is 0 Å². The van der Waals surface area contributed by atoms with Gasteiger partial charge in [-0.2, -0.15) is 0 Å². The van der Waals surface area contributed by atoms with Crippen LogP contribution >= 0.6 is 23.1 Å². The first-order chi connectivity index (χ1) is 14.3. The third kappa shape index (κ3) is 3.81. The molecule has 1 N–H and O–H groups in total. The van der Waals surface area contributed by atoms with Crippen LogP contribution in [-0.2, 0) is 4.79 Å². The van der Waals surface area contributed by atoms with Crippen LogP contribution in [0.4, 0.5) is 5.69 Å². The first-order valence-electron chi connectivity index (χ1n) is 9.20. The van der Waals surface area contributed by atoms with Gasteiger partial charge in [-0.3, -0.25) is 14.8 Å². The van der Waals surface area contributed by atoms with Crippen molar-refractivity contribution in [2.24, 2.45) is 4.99 Å². The molecule has 6 nitrogen and oxygen atoms in total. The van der Waals surface area contributed by atoms with Crippen molar-refractivity contribution in [3.63, 3.8) is 0 Å². The standard InChI is InChI=1S/C21H17N5OS2/c27-19(11-17-12-29-21-23-8-9-26(17)21)24-16-3-1-2-15(10-16)18-13-28-20(25-18)14-4-6-22-7-5-14/h1-7,10,12-13H,8-9,11H2,(H,24,27). The highest BCUT2D eigenvalue weighted by molar-refractivity contribution is 8.16. The number of amides is 1. The van der Waals surface area contributed by atoms with E-state index in [1.807, 2.05) is 47.2 Å². The number of carbonyl (C=O) groups is 1. The van der Waals surface area contributed by atoms with Gasteiger partial charge in [-0.25, -0.2) is 4.98 Å². The Morgan fingerprint density at radius 1 is 1.17 bits per heavy atom. The van der Waals surface area contributed by atoms with Gasteiger partial charge in [0.05, 0.1) is 18.7 Å². The number of hydrogen-bond acceptors (Lipinski definition) is 7. The van der Waals surface area contributed by atoms with E-state index in [9.17, 15) is 4.79 Å². The first kappa shape index (κ1) is 18.1. The van der Waals surface area contributed by atoms with E-state index in [0.717, 1.165) is 51.5 Å². The van der Waals surface area contributed by atoms with Gasteiger partial charge in [0.2, 0.25) is 5.91 Å². The molecule has 0 aliphatic carbocycles. The second-order valence-electron chi connectivity index (χ2n) is 6.62. The normalized spacial score (nSPS) is 15.1. The zero-order chi connectivity index (χ0) is 19.6. The van der Waals surface area contributed by atoms with Crippen LogP contribution in [0.1, 0.15) is 6.42 Å². The minimum atomic E-state index is -0.0297. The number of benzene rings is 1. The van der Waals surface area contributed by atoms with Gasteiger partial charge in [0.25, 0.3) is 0 Å². The minimum absolute atomic E-state index is 0.0297. The lowest BCUT2D eigenvalue weighted by Gasteiger charge is -2.16. The third-order valence-corrected chi connectivity index (χ3v) is 6.51. The number of carbonyl (C=O) groups excluding carboxylic acids is 1. The molecule has 29 heavy (non-hydrogen) atoms. The predicted octanol–water partition coefficient (Wildman–Crippen LogP) is 4.46. The van der Waals surface area contributed by atoms with E-state index in [-0.39, 0.29) is 5.91 Å². The maximum Gasteiger partial charge on any atom is 0.230 e. The van der Waals surface area contributed by atoms with Gasteiger partial charge < -0.3 is 10.2 Å². The average Bonchev–Trinajstić information content (AvgIpc) is 3.48. The lowest BCUT2D eigenvalue weighted by Crippen LogP contribution is -2.24. The molecule has 0 radical (unpaired) electrons. The van der Waals surface area contributed by atoms with Crippen LogP contribution in [0.25, 0.3) is 21.8 Å². The van der Waals surface area contributed by atoms with E-state index in [0.29, 0.717) is 6.42 Å². The minimum Gasteiger partial charge on any atom is -0.326 e. The molecule has 0 unspecified atom stereocenters. The fourth-order valence-corrected chi connectivity index (χ4v) is 5.06. The fraction of sp³-hybridized carbons (Fsp3) is 0.143. The largest absolute Gasteiger partial charge is 0.326 e. The zero-order valence-corrected chi connectivity index (χ0v) is 17.0. The molecule has 5 rings (SSSR count). The number of aliphatic imine (C=N–C) groups is 1. The van der Waals surface area contributed by atoms with Gasteiger partial charge in [0.15, 0.2) is 5.17 Å². The molecule has 0 spiro atoms. The molecule has 4 heterocycles. The Morgan fingerprint density at radius 3 is 2.97 bits per heavy atom. The molecular weight excluding hydrogens is 402 g/mol. The molecule has 0 atom stereocenters. The highest BCUT2D eigenvalue weighted by atomic mass is 32.2. The van der Waals surface area contributed by atoms with E-state index in [1.165, 1.54) is 0 Å². The summed E-state index contributed by atoms with van der Waals surface area (Å²) in [7, 11) is 0. The summed E-state index contributed by atoms with van der Waals surface area (Å²) in [5.74, 6) is -0.0297. The highest BCUT2D eigenvalue weighted by Crippen LogP contribution is 2.32. The van der Waals surface area contributed by atoms with Gasteiger partial charge in [-0.15, -0.1) is 11.3 Å². The van der Waals surface area contributed by atoms with Crippen LogP contribution in [0.5, 0.6) is 0 Å². The SMILES string of the molecule is O=C(CC1=CSC2=NCCN12)Nc1cccc(-c2csc(-c3ccncc3)n2)c1. The number of anilines is 1. The summed E-state index contributed by atoms with van der Waals surface area (Å²) in [6.07, 6.45) is 3.88. The molecule has 2 aliphatic rings. The van der Waals surface area contributed by atoms with E-state index < -0.39 is 0 Å². The molecular formula is C21H17N5OS2. The molecule has 3 aromatic rings.